The molecule has 0 spiro atoms. The summed E-state index contributed by atoms with van der Waals surface area (Å²) in [6.07, 6.45) is 4.89. The van der Waals surface area contributed by atoms with E-state index in [1.54, 1.807) is 18.9 Å². The average Bonchev–Trinajstić information content (AvgIpc) is 3.62. The zero-order valence-corrected chi connectivity index (χ0v) is 17.6. The maximum atomic E-state index is 5.62. The molecule has 8 heteroatoms. The predicted octanol–water partition coefficient (Wildman–Crippen LogP) is 5.78. The molecule has 0 bridgehead atoms. The van der Waals surface area contributed by atoms with Crippen molar-refractivity contribution in [2.45, 2.75) is 6.92 Å². The van der Waals surface area contributed by atoms with Gasteiger partial charge in [0.05, 0.1) is 29.2 Å². The zero-order chi connectivity index (χ0) is 22.2. The van der Waals surface area contributed by atoms with E-state index >= 15 is 0 Å². The summed E-state index contributed by atoms with van der Waals surface area (Å²) < 4.78 is 13.1. The Hall–Kier alpha value is -4.72. The number of nitrogens with zero attached hydrogens (tertiary/aromatic N) is 5. The van der Waals surface area contributed by atoms with E-state index in [-0.39, 0.29) is 0 Å². The van der Waals surface area contributed by atoms with Gasteiger partial charge in [0.2, 0.25) is 5.95 Å². The highest BCUT2D eigenvalue weighted by atomic mass is 16.3. The van der Waals surface area contributed by atoms with E-state index in [1.807, 2.05) is 71.3 Å². The largest absolute Gasteiger partial charge is 0.463 e. The lowest BCUT2D eigenvalue weighted by Gasteiger charge is -2.11. The summed E-state index contributed by atoms with van der Waals surface area (Å²) >= 11 is 0. The first-order valence-corrected chi connectivity index (χ1v) is 10.4. The fourth-order valence-electron chi connectivity index (χ4n) is 3.64. The van der Waals surface area contributed by atoms with Crippen molar-refractivity contribution >= 4 is 22.7 Å². The first-order chi connectivity index (χ1) is 16.2. The van der Waals surface area contributed by atoms with E-state index in [9.17, 15) is 0 Å². The maximum Gasteiger partial charge on any atom is 0.233 e. The molecule has 0 unspecified atom stereocenters. The van der Waals surface area contributed by atoms with Crippen molar-refractivity contribution in [2.75, 3.05) is 5.32 Å². The van der Waals surface area contributed by atoms with Gasteiger partial charge in [0.15, 0.2) is 11.5 Å². The molecule has 1 N–H and O–H groups in total. The second-order valence-corrected chi connectivity index (χ2v) is 7.56. The third kappa shape index (κ3) is 3.53. The number of aromatic nitrogens is 5. The van der Waals surface area contributed by atoms with Crippen LogP contribution in [0.25, 0.3) is 39.6 Å². The Bertz CT molecular complexity index is 1530. The van der Waals surface area contributed by atoms with Crippen LogP contribution in [0.4, 0.5) is 11.6 Å². The van der Waals surface area contributed by atoms with E-state index in [0.717, 1.165) is 16.9 Å². The van der Waals surface area contributed by atoms with Crippen LogP contribution in [0.2, 0.25) is 0 Å². The molecule has 0 atom stereocenters. The lowest BCUT2D eigenvalue weighted by molar-refractivity contribution is 0.572. The highest BCUT2D eigenvalue weighted by Gasteiger charge is 2.18. The molecule has 33 heavy (non-hydrogen) atoms. The molecule has 0 amide bonds. The van der Waals surface area contributed by atoms with E-state index in [4.69, 9.17) is 18.8 Å². The van der Waals surface area contributed by atoms with Crippen LogP contribution in [-0.4, -0.2) is 24.7 Å². The number of aryl methyl sites for hydroxylation is 1. The Morgan fingerprint density at radius 1 is 0.788 bits per heavy atom. The summed E-state index contributed by atoms with van der Waals surface area (Å²) in [5.74, 6) is 1.85. The fraction of sp³-hybridized carbons (Fsp3) is 0.0400. The average molecular weight is 434 g/mol. The summed E-state index contributed by atoms with van der Waals surface area (Å²) in [7, 11) is 0. The molecule has 6 rings (SSSR count). The van der Waals surface area contributed by atoms with Crippen molar-refractivity contribution in [2.24, 2.45) is 0 Å². The predicted molar refractivity (Wildman–Crippen MR) is 124 cm³/mol. The van der Waals surface area contributed by atoms with Gasteiger partial charge in [-0.3, -0.25) is 4.57 Å². The Kier molecular flexibility index (Phi) is 4.47. The molecule has 4 heterocycles. The van der Waals surface area contributed by atoms with Gasteiger partial charge in [-0.1, -0.05) is 17.7 Å². The SMILES string of the molecule is Cc1ccc(Nc2nncn2-c2ccc3nc(-c4ccco4)c(-c4ccco4)nc3c2)cc1. The number of benzene rings is 2. The second-order valence-electron chi connectivity index (χ2n) is 7.56. The molecule has 6 aromatic rings. The summed E-state index contributed by atoms with van der Waals surface area (Å²) in [6, 6.07) is 21.3. The molecule has 4 aromatic heterocycles. The van der Waals surface area contributed by atoms with Crippen LogP contribution in [-0.2, 0) is 0 Å². The Morgan fingerprint density at radius 3 is 2.15 bits per heavy atom. The van der Waals surface area contributed by atoms with Crippen LogP contribution in [0, 0.1) is 6.92 Å². The van der Waals surface area contributed by atoms with Gasteiger partial charge in [0.25, 0.3) is 0 Å². The minimum atomic E-state index is 0.602. The number of nitrogens with one attached hydrogen (secondary N) is 1. The van der Waals surface area contributed by atoms with Gasteiger partial charge >= 0.3 is 0 Å². The van der Waals surface area contributed by atoms with Crippen molar-refractivity contribution < 1.29 is 8.83 Å². The van der Waals surface area contributed by atoms with E-state index < -0.39 is 0 Å². The zero-order valence-electron chi connectivity index (χ0n) is 17.6. The highest BCUT2D eigenvalue weighted by Crippen LogP contribution is 2.32. The standard InChI is InChI=1S/C25H18N6O2/c1-16-6-8-17(9-7-16)27-25-30-26-15-31(25)18-10-11-19-20(14-18)29-24(22-5-3-13-33-22)23(28-19)21-4-2-12-32-21/h2-15H,1H3,(H,27,30). The molecule has 0 aliphatic rings. The molecule has 0 aliphatic heterocycles. The molecule has 0 aliphatic carbocycles. The first kappa shape index (κ1) is 19.0. The Morgan fingerprint density at radius 2 is 1.48 bits per heavy atom. The molecular weight excluding hydrogens is 416 g/mol. The van der Waals surface area contributed by atoms with Gasteiger partial charge in [-0.25, -0.2) is 9.97 Å². The molecule has 2 aromatic carbocycles. The number of furan rings is 2. The topological polar surface area (TPSA) is 94.8 Å². The fourth-order valence-corrected chi connectivity index (χ4v) is 3.64. The van der Waals surface area contributed by atoms with Gasteiger partial charge in [-0.2, -0.15) is 0 Å². The first-order valence-electron chi connectivity index (χ1n) is 10.4. The van der Waals surface area contributed by atoms with E-state index in [2.05, 4.69) is 22.4 Å². The summed E-state index contributed by atoms with van der Waals surface area (Å²) in [5, 5.41) is 11.6. The second kappa shape index (κ2) is 7.76. The van der Waals surface area contributed by atoms with Crippen molar-refractivity contribution in [3.8, 4) is 28.6 Å². The minimum Gasteiger partial charge on any atom is -0.463 e. The lowest BCUT2D eigenvalue weighted by Crippen LogP contribution is -2.02. The monoisotopic (exact) mass is 434 g/mol. The molecule has 0 saturated heterocycles. The Balaban J connectivity index is 1.44. The summed E-state index contributed by atoms with van der Waals surface area (Å²) in [6.45, 7) is 2.05. The van der Waals surface area contributed by atoms with Crippen molar-refractivity contribution in [3.63, 3.8) is 0 Å². The van der Waals surface area contributed by atoms with E-state index in [1.165, 1.54) is 5.56 Å². The van der Waals surface area contributed by atoms with E-state index in [0.29, 0.717) is 34.4 Å². The highest BCUT2D eigenvalue weighted by molar-refractivity contribution is 5.85. The molecular formula is C25H18N6O2. The third-order valence-electron chi connectivity index (χ3n) is 5.29. The van der Waals surface area contributed by atoms with Crippen LogP contribution < -0.4 is 5.32 Å². The lowest BCUT2D eigenvalue weighted by atomic mass is 10.1. The molecule has 0 saturated carbocycles. The van der Waals surface area contributed by atoms with Crippen LogP contribution in [0.15, 0.2) is 94.4 Å². The molecule has 8 nitrogen and oxygen atoms in total. The van der Waals surface area contributed by atoms with Crippen molar-refractivity contribution in [1.29, 1.82) is 0 Å². The third-order valence-corrected chi connectivity index (χ3v) is 5.29. The number of hydrogen-bond acceptors (Lipinski definition) is 7. The quantitative estimate of drug-likeness (QED) is 0.367. The number of rotatable bonds is 5. The van der Waals surface area contributed by atoms with Crippen LogP contribution >= 0.6 is 0 Å². The number of anilines is 2. The Labute approximate surface area is 188 Å². The molecule has 160 valence electrons. The van der Waals surface area contributed by atoms with Crippen LogP contribution in [0.5, 0.6) is 0 Å². The van der Waals surface area contributed by atoms with Crippen molar-refractivity contribution in [3.05, 3.63) is 91.1 Å². The van der Waals surface area contributed by atoms with Gasteiger partial charge < -0.3 is 14.2 Å². The van der Waals surface area contributed by atoms with Gasteiger partial charge in [0.1, 0.15) is 17.7 Å². The summed E-state index contributed by atoms with van der Waals surface area (Å²) in [5.41, 5.74) is 5.66. The van der Waals surface area contributed by atoms with Gasteiger partial charge in [-0.15, -0.1) is 10.2 Å². The smallest absolute Gasteiger partial charge is 0.233 e. The maximum absolute atomic E-state index is 5.62. The van der Waals surface area contributed by atoms with Crippen molar-refractivity contribution in [1.82, 2.24) is 24.7 Å². The van der Waals surface area contributed by atoms with Gasteiger partial charge in [-0.05, 0) is 61.5 Å². The number of fused-ring (bicyclic) bond motifs is 1. The minimum absolute atomic E-state index is 0.602. The normalized spacial score (nSPS) is 11.2. The molecule has 0 fully saturated rings. The number of hydrogen-bond donors (Lipinski definition) is 1. The van der Waals surface area contributed by atoms with Crippen LogP contribution in [0.1, 0.15) is 5.56 Å². The van der Waals surface area contributed by atoms with Gasteiger partial charge in [0, 0.05) is 5.69 Å². The van der Waals surface area contributed by atoms with Crippen LogP contribution in [0.3, 0.4) is 0 Å². The molecule has 0 radical (unpaired) electrons. The summed E-state index contributed by atoms with van der Waals surface area (Å²) in [4.78, 5) is 9.70.